The van der Waals surface area contributed by atoms with E-state index in [2.05, 4.69) is 30.6 Å². The summed E-state index contributed by atoms with van der Waals surface area (Å²) in [5, 5.41) is 14.9. The van der Waals surface area contributed by atoms with Gasteiger partial charge in [0, 0.05) is 11.7 Å². The van der Waals surface area contributed by atoms with E-state index in [0.717, 1.165) is 11.3 Å². The van der Waals surface area contributed by atoms with Gasteiger partial charge in [0.25, 0.3) is 0 Å². The molecule has 0 aromatic heterocycles. The Bertz CT molecular complexity index is 489. The lowest BCUT2D eigenvalue weighted by Gasteiger charge is -2.18. The van der Waals surface area contributed by atoms with Crippen LogP contribution in [-0.2, 0) is 4.79 Å². The molecule has 0 radical (unpaired) electrons. The van der Waals surface area contributed by atoms with E-state index in [0.29, 0.717) is 11.5 Å². The second-order valence-corrected chi connectivity index (χ2v) is 5.10. The first kappa shape index (κ1) is 15.0. The third-order valence-electron chi connectivity index (χ3n) is 3.19. The highest BCUT2D eigenvalue weighted by molar-refractivity contribution is 5.81. The van der Waals surface area contributed by atoms with Crippen LogP contribution in [0.4, 0.5) is 5.69 Å². The Kier molecular flexibility index (Phi) is 5.37. The fourth-order valence-corrected chi connectivity index (χ4v) is 1.53. The minimum Gasteiger partial charge on any atom is -0.376 e. The van der Waals surface area contributed by atoms with Crippen LogP contribution in [0.1, 0.15) is 31.9 Å². The third kappa shape index (κ3) is 4.63. The van der Waals surface area contributed by atoms with E-state index in [1.165, 1.54) is 0 Å². The summed E-state index contributed by atoms with van der Waals surface area (Å²) in [6.07, 6.45) is 0. The highest BCUT2D eigenvalue weighted by Gasteiger charge is 2.10. The number of nitrogens with zero attached hydrogens (tertiary/aromatic N) is 1. The van der Waals surface area contributed by atoms with Crippen molar-refractivity contribution in [1.29, 1.82) is 5.26 Å². The molecule has 1 amide bonds. The molecule has 1 unspecified atom stereocenters. The zero-order valence-electron chi connectivity index (χ0n) is 11.9. The summed E-state index contributed by atoms with van der Waals surface area (Å²) in [5.41, 5.74) is 2.43. The van der Waals surface area contributed by atoms with Gasteiger partial charge in [0.15, 0.2) is 0 Å². The van der Waals surface area contributed by atoms with Gasteiger partial charge in [0.05, 0.1) is 18.2 Å². The van der Waals surface area contributed by atoms with Crippen LogP contribution in [0.25, 0.3) is 0 Å². The highest BCUT2D eigenvalue weighted by atomic mass is 16.1. The van der Waals surface area contributed by atoms with Crippen LogP contribution < -0.4 is 10.6 Å². The molecule has 2 N–H and O–H groups in total. The molecule has 0 bridgehead atoms. The van der Waals surface area contributed by atoms with E-state index < -0.39 is 0 Å². The second kappa shape index (κ2) is 6.79. The molecule has 102 valence electrons. The van der Waals surface area contributed by atoms with Gasteiger partial charge in [-0.15, -0.1) is 0 Å². The zero-order chi connectivity index (χ0) is 14.4. The normalized spacial score (nSPS) is 11.8. The van der Waals surface area contributed by atoms with E-state index in [9.17, 15) is 4.79 Å². The Balaban J connectivity index is 2.57. The van der Waals surface area contributed by atoms with Crippen molar-refractivity contribution in [3.63, 3.8) is 0 Å². The number of carbonyl (C=O) groups is 1. The predicted octanol–water partition coefficient (Wildman–Crippen LogP) is 2.44. The summed E-state index contributed by atoms with van der Waals surface area (Å²) in [6, 6.07) is 7.64. The lowest BCUT2D eigenvalue weighted by atomic mass is 10.1. The topological polar surface area (TPSA) is 64.9 Å². The maximum atomic E-state index is 11.8. The number of rotatable bonds is 5. The average Bonchev–Trinajstić information content (AvgIpc) is 2.37. The molecule has 0 saturated carbocycles. The minimum absolute atomic E-state index is 0.0389. The van der Waals surface area contributed by atoms with E-state index in [1.807, 2.05) is 19.9 Å². The van der Waals surface area contributed by atoms with Gasteiger partial charge in [-0.25, -0.2) is 0 Å². The Morgan fingerprint density at radius 2 is 2.05 bits per heavy atom. The molecule has 0 aliphatic heterocycles. The maximum absolute atomic E-state index is 11.8. The van der Waals surface area contributed by atoms with Gasteiger partial charge in [-0.3, -0.25) is 4.79 Å². The molecule has 1 atom stereocenters. The molecule has 0 spiro atoms. The Labute approximate surface area is 114 Å². The van der Waals surface area contributed by atoms with Crippen LogP contribution in [0.5, 0.6) is 0 Å². The zero-order valence-corrected chi connectivity index (χ0v) is 11.9. The van der Waals surface area contributed by atoms with Gasteiger partial charge < -0.3 is 10.6 Å². The number of benzene rings is 1. The van der Waals surface area contributed by atoms with Crippen LogP contribution in [0.15, 0.2) is 18.2 Å². The number of nitrogens with one attached hydrogen (secondary N) is 2. The molecule has 0 saturated heterocycles. The molecule has 1 rings (SSSR count). The van der Waals surface area contributed by atoms with Gasteiger partial charge in [-0.1, -0.05) is 19.9 Å². The average molecular weight is 259 g/mol. The van der Waals surface area contributed by atoms with Gasteiger partial charge in [-0.05, 0) is 37.5 Å². The van der Waals surface area contributed by atoms with Gasteiger partial charge in [0.2, 0.25) is 5.91 Å². The van der Waals surface area contributed by atoms with Crippen LogP contribution in [0, 0.1) is 24.2 Å². The van der Waals surface area contributed by atoms with Crippen molar-refractivity contribution in [2.24, 2.45) is 5.92 Å². The van der Waals surface area contributed by atoms with Crippen LogP contribution in [0.2, 0.25) is 0 Å². The first-order valence-corrected chi connectivity index (χ1v) is 6.48. The number of hydrogen-bond acceptors (Lipinski definition) is 3. The molecule has 1 aromatic rings. The van der Waals surface area contributed by atoms with E-state index in [-0.39, 0.29) is 18.5 Å². The molecular formula is C15H21N3O. The SMILES string of the molecule is Cc1ccc(C#N)cc1NCC(=O)NC(C)C(C)C. The Morgan fingerprint density at radius 1 is 1.37 bits per heavy atom. The summed E-state index contributed by atoms with van der Waals surface area (Å²) in [7, 11) is 0. The number of amides is 1. The third-order valence-corrected chi connectivity index (χ3v) is 3.19. The Hall–Kier alpha value is -2.02. The minimum atomic E-state index is -0.0389. The Morgan fingerprint density at radius 3 is 2.63 bits per heavy atom. The van der Waals surface area contributed by atoms with Crippen molar-refractivity contribution >= 4 is 11.6 Å². The summed E-state index contributed by atoms with van der Waals surface area (Å²) < 4.78 is 0. The smallest absolute Gasteiger partial charge is 0.239 e. The second-order valence-electron chi connectivity index (χ2n) is 5.10. The van der Waals surface area contributed by atoms with Gasteiger partial charge in [0.1, 0.15) is 0 Å². The quantitative estimate of drug-likeness (QED) is 0.853. The van der Waals surface area contributed by atoms with E-state index in [1.54, 1.807) is 12.1 Å². The number of hydrogen-bond donors (Lipinski definition) is 2. The molecule has 0 fully saturated rings. The number of aryl methyl sites for hydroxylation is 1. The lowest BCUT2D eigenvalue weighted by molar-refractivity contribution is -0.120. The van der Waals surface area contributed by atoms with Crippen LogP contribution >= 0.6 is 0 Å². The largest absolute Gasteiger partial charge is 0.376 e. The van der Waals surface area contributed by atoms with E-state index in [4.69, 9.17) is 5.26 Å². The van der Waals surface area contributed by atoms with Crippen LogP contribution in [-0.4, -0.2) is 18.5 Å². The molecule has 0 aliphatic carbocycles. The number of nitriles is 1. The summed E-state index contributed by atoms with van der Waals surface area (Å²) >= 11 is 0. The molecule has 4 nitrogen and oxygen atoms in total. The van der Waals surface area contributed by atoms with Crippen molar-refractivity contribution < 1.29 is 4.79 Å². The molecule has 0 heterocycles. The molecule has 0 aliphatic rings. The fourth-order valence-electron chi connectivity index (χ4n) is 1.53. The fraction of sp³-hybridized carbons (Fsp3) is 0.467. The standard InChI is InChI=1S/C15H21N3O/c1-10(2)12(4)18-15(19)9-17-14-7-13(8-16)6-5-11(14)3/h5-7,10,12,17H,9H2,1-4H3,(H,18,19). The highest BCUT2D eigenvalue weighted by Crippen LogP contribution is 2.15. The maximum Gasteiger partial charge on any atom is 0.239 e. The van der Waals surface area contributed by atoms with Crippen molar-refractivity contribution in [3.05, 3.63) is 29.3 Å². The molecule has 1 aromatic carbocycles. The van der Waals surface area contributed by atoms with Crippen molar-refractivity contribution in [3.8, 4) is 6.07 Å². The van der Waals surface area contributed by atoms with Gasteiger partial charge >= 0.3 is 0 Å². The van der Waals surface area contributed by atoms with Crippen molar-refractivity contribution in [2.75, 3.05) is 11.9 Å². The van der Waals surface area contributed by atoms with Crippen molar-refractivity contribution in [2.45, 2.75) is 33.7 Å². The molecular weight excluding hydrogens is 238 g/mol. The first-order chi connectivity index (χ1) is 8.93. The van der Waals surface area contributed by atoms with E-state index >= 15 is 0 Å². The number of anilines is 1. The van der Waals surface area contributed by atoms with Crippen molar-refractivity contribution in [1.82, 2.24) is 5.32 Å². The molecule has 4 heteroatoms. The molecule has 19 heavy (non-hydrogen) atoms. The van der Waals surface area contributed by atoms with Crippen LogP contribution in [0.3, 0.4) is 0 Å². The lowest BCUT2D eigenvalue weighted by Crippen LogP contribution is -2.39. The van der Waals surface area contributed by atoms with Gasteiger partial charge in [-0.2, -0.15) is 5.26 Å². The summed E-state index contributed by atoms with van der Waals surface area (Å²) in [4.78, 5) is 11.8. The summed E-state index contributed by atoms with van der Waals surface area (Å²) in [5.74, 6) is 0.371. The summed E-state index contributed by atoms with van der Waals surface area (Å²) in [6.45, 7) is 8.28. The predicted molar refractivity (Wildman–Crippen MR) is 76.8 cm³/mol. The first-order valence-electron chi connectivity index (χ1n) is 6.48. The number of carbonyl (C=O) groups excluding carboxylic acids is 1. The monoisotopic (exact) mass is 259 g/mol.